The standard InChI is InChI=1S/C12H17NO4/c1-3-17-11(15)7-6-10-5-4-9(8-14)12(13-10)16-2/h4-5,14H,3,6-8H2,1-2H3. The van der Waals surface area contributed by atoms with Gasteiger partial charge in [-0.05, 0) is 19.1 Å². The lowest BCUT2D eigenvalue weighted by Crippen LogP contribution is -2.06. The summed E-state index contributed by atoms with van der Waals surface area (Å²) in [5.41, 5.74) is 1.37. The molecule has 0 saturated heterocycles. The fraction of sp³-hybridized carbons (Fsp3) is 0.500. The van der Waals surface area contributed by atoms with Gasteiger partial charge in [-0.25, -0.2) is 4.98 Å². The second kappa shape index (κ2) is 6.85. The van der Waals surface area contributed by atoms with E-state index in [4.69, 9.17) is 14.6 Å². The molecule has 0 spiro atoms. The number of aryl methyl sites for hydroxylation is 1. The fourth-order valence-corrected chi connectivity index (χ4v) is 1.41. The zero-order valence-corrected chi connectivity index (χ0v) is 10.1. The van der Waals surface area contributed by atoms with Gasteiger partial charge in [0.2, 0.25) is 5.88 Å². The van der Waals surface area contributed by atoms with Crippen molar-refractivity contribution in [3.63, 3.8) is 0 Å². The first-order chi connectivity index (χ1) is 8.21. The number of aromatic nitrogens is 1. The highest BCUT2D eigenvalue weighted by atomic mass is 16.5. The maximum absolute atomic E-state index is 11.2. The lowest BCUT2D eigenvalue weighted by molar-refractivity contribution is -0.143. The fourth-order valence-electron chi connectivity index (χ4n) is 1.41. The van der Waals surface area contributed by atoms with Gasteiger partial charge in [-0.3, -0.25) is 4.79 Å². The smallest absolute Gasteiger partial charge is 0.306 e. The van der Waals surface area contributed by atoms with Crippen molar-refractivity contribution in [2.45, 2.75) is 26.4 Å². The van der Waals surface area contributed by atoms with Crippen LogP contribution < -0.4 is 4.74 Å². The molecule has 1 aromatic rings. The number of nitrogens with zero attached hydrogens (tertiary/aromatic N) is 1. The minimum absolute atomic E-state index is 0.117. The number of hydrogen-bond donors (Lipinski definition) is 1. The predicted molar refractivity (Wildman–Crippen MR) is 61.7 cm³/mol. The summed E-state index contributed by atoms with van der Waals surface area (Å²) >= 11 is 0. The van der Waals surface area contributed by atoms with Crippen LogP contribution in [0.25, 0.3) is 0 Å². The maximum Gasteiger partial charge on any atom is 0.306 e. The summed E-state index contributed by atoms with van der Waals surface area (Å²) < 4.78 is 9.87. The van der Waals surface area contributed by atoms with Crippen molar-refractivity contribution in [3.8, 4) is 5.88 Å². The summed E-state index contributed by atoms with van der Waals surface area (Å²) in [6.45, 7) is 2.04. The second-order valence-electron chi connectivity index (χ2n) is 3.43. The van der Waals surface area contributed by atoms with E-state index in [9.17, 15) is 4.79 Å². The van der Waals surface area contributed by atoms with E-state index in [1.54, 1.807) is 19.1 Å². The molecule has 94 valence electrons. The molecule has 0 radical (unpaired) electrons. The summed E-state index contributed by atoms with van der Waals surface area (Å²) in [6, 6.07) is 3.51. The van der Waals surface area contributed by atoms with Gasteiger partial charge in [0.05, 0.1) is 26.7 Å². The summed E-state index contributed by atoms with van der Waals surface area (Å²) in [6.07, 6.45) is 0.795. The summed E-state index contributed by atoms with van der Waals surface area (Å²) in [7, 11) is 1.50. The topological polar surface area (TPSA) is 68.7 Å². The minimum Gasteiger partial charge on any atom is -0.481 e. The van der Waals surface area contributed by atoms with Crippen LogP contribution in [0.3, 0.4) is 0 Å². The Morgan fingerprint density at radius 3 is 2.82 bits per heavy atom. The largest absolute Gasteiger partial charge is 0.481 e. The van der Waals surface area contributed by atoms with Crippen molar-refractivity contribution in [2.24, 2.45) is 0 Å². The number of aliphatic hydroxyl groups is 1. The van der Waals surface area contributed by atoms with Gasteiger partial charge in [0.15, 0.2) is 0 Å². The Bertz CT molecular complexity index is 379. The summed E-state index contributed by atoms with van der Waals surface area (Å²) in [4.78, 5) is 15.4. The zero-order valence-electron chi connectivity index (χ0n) is 10.1. The number of pyridine rings is 1. The van der Waals surface area contributed by atoms with Gasteiger partial charge < -0.3 is 14.6 Å². The molecule has 0 unspecified atom stereocenters. The molecule has 0 aliphatic heterocycles. The van der Waals surface area contributed by atoms with Crippen LogP contribution in [-0.4, -0.2) is 29.8 Å². The molecule has 0 aliphatic carbocycles. The first kappa shape index (κ1) is 13.4. The highest BCUT2D eigenvalue weighted by Gasteiger charge is 2.07. The van der Waals surface area contributed by atoms with E-state index in [1.807, 2.05) is 0 Å². The lowest BCUT2D eigenvalue weighted by Gasteiger charge is -2.07. The molecule has 1 N–H and O–H groups in total. The van der Waals surface area contributed by atoms with Crippen molar-refractivity contribution in [3.05, 3.63) is 23.4 Å². The molecule has 0 amide bonds. The lowest BCUT2D eigenvalue weighted by atomic mass is 10.2. The molecule has 0 bridgehead atoms. The Morgan fingerprint density at radius 2 is 2.24 bits per heavy atom. The number of carbonyl (C=O) groups is 1. The SMILES string of the molecule is CCOC(=O)CCc1ccc(CO)c(OC)n1. The highest BCUT2D eigenvalue weighted by Crippen LogP contribution is 2.16. The molecule has 0 aromatic carbocycles. The molecule has 0 aliphatic rings. The predicted octanol–water partition coefficient (Wildman–Crippen LogP) is 1.08. The minimum atomic E-state index is -0.237. The normalized spacial score (nSPS) is 10.1. The van der Waals surface area contributed by atoms with Gasteiger partial charge in [-0.2, -0.15) is 0 Å². The van der Waals surface area contributed by atoms with Crippen molar-refractivity contribution >= 4 is 5.97 Å². The Morgan fingerprint density at radius 1 is 1.47 bits per heavy atom. The van der Waals surface area contributed by atoms with Gasteiger partial charge in [-0.1, -0.05) is 0 Å². The van der Waals surface area contributed by atoms with Crippen LogP contribution in [0.1, 0.15) is 24.6 Å². The molecule has 1 rings (SSSR count). The van der Waals surface area contributed by atoms with Crippen molar-refractivity contribution < 1.29 is 19.4 Å². The van der Waals surface area contributed by atoms with Gasteiger partial charge in [0, 0.05) is 17.7 Å². The first-order valence-electron chi connectivity index (χ1n) is 5.50. The van der Waals surface area contributed by atoms with Gasteiger partial charge >= 0.3 is 5.97 Å². The van der Waals surface area contributed by atoms with E-state index in [1.165, 1.54) is 7.11 Å². The molecular formula is C12H17NO4. The van der Waals surface area contributed by atoms with Crippen LogP contribution >= 0.6 is 0 Å². The monoisotopic (exact) mass is 239 g/mol. The number of hydrogen-bond acceptors (Lipinski definition) is 5. The third-order valence-electron chi connectivity index (χ3n) is 2.25. The Hall–Kier alpha value is -1.62. The summed E-state index contributed by atoms with van der Waals surface area (Å²) in [5, 5.41) is 9.03. The van der Waals surface area contributed by atoms with E-state index >= 15 is 0 Å². The molecule has 1 heterocycles. The molecule has 17 heavy (non-hydrogen) atoms. The number of esters is 1. The molecule has 5 nitrogen and oxygen atoms in total. The van der Waals surface area contributed by atoms with Gasteiger partial charge in [-0.15, -0.1) is 0 Å². The van der Waals surface area contributed by atoms with Crippen LogP contribution in [0.5, 0.6) is 5.88 Å². The van der Waals surface area contributed by atoms with Crippen LogP contribution in [0.15, 0.2) is 12.1 Å². The number of carbonyl (C=O) groups excluding carboxylic acids is 1. The zero-order chi connectivity index (χ0) is 12.7. The van der Waals surface area contributed by atoms with Crippen molar-refractivity contribution in [2.75, 3.05) is 13.7 Å². The van der Waals surface area contributed by atoms with Crippen molar-refractivity contribution in [1.29, 1.82) is 0 Å². The van der Waals surface area contributed by atoms with Gasteiger partial charge in [0.1, 0.15) is 0 Å². The molecule has 0 fully saturated rings. The number of methoxy groups -OCH3 is 1. The number of ether oxygens (including phenoxy) is 2. The average Bonchev–Trinajstić information content (AvgIpc) is 2.36. The molecule has 0 saturated carbocycles. The van der Waals surface area contributed by atoms with Crippen LogP contribution in [0.4, 0.5) is 0 Å². The van der Waals surface area contributed by atoms with E-state index in [0.29, 0.717) is 30.9 Å². The van der Waals surface area contributed by atoms with Gasteiger partial charge in [0.25, 0.3) is 0 Å². The molecule has 1 aromatic heterocycles. The van der Waals surface area contributed by atoms with E-state index in [2.05, 4.69) is 4.98 Å². The van der Waals surface area contributed by atoms with E-state index < -0.39 is 0 Å². The van der Waals surface area contributed by atoms with E-state index in [0.717, 1.165) is 5.69 Å². The molecular weight excluding hydrogens is 222 g/mol. The Kier molecular flexibility index (Phi) is 5.42. The molecule has 0 atom stereocenters. The third kappa shape index (κ3) is 4.03. The van der Waals surface area contributed by atoms with Crippen molar-refractivity contribution in [1.82, 2.24) is 4.98 Å². The second-order valence-corrected chi connectivity index (χ2v) is 3.43. The van der Waals surface area contributed by atoms with Crippen LogP contribution in [0.2, 0.25) is 0 Å². The average molecular weight is 239 g/mol. The quantitative estimate of drug-likeness (QED) is 0.752. The first-order valence-corrected chi connectivity index (χ1v) is 5.50. The summed E-state index contributed by atoms with van der Waals surface area (Å²) in [5.74, 6) is 0.161. The number of rotatable bonds is 6. The number of aliphatic hydroxyl groups excluding tert-OH is 1. The van der Waals surface area contributed by atoms with E-state index in [-0.39, 0.29) is 12.6 Å². The van der Waals surface area contributed by atoms with Crippen LogP contribution in [-0.2, 0) is 22.6 Å². The Balaban J connectivity index is 2.63. The maximum atomic E-state index is 11.2. The molecule has 5 heteroatoms. The highest BCUT2D eigenvalue weighted by molar-refractivity contribution is 5.69. The third-order valence-corrected chi connectivity index (χ3v) is 2.25. The Labute approximate surface area is 100 Å². The van der Waals surface area contributed by atoms with Crippen LogP contribution in [0, 0.1) is 0 Å².